The summed E-state index contributed by atoms with van der Waals surface area (Å²) in [5.41, 5.74) is 1.69. The molecule has 6 nitrogen and oxygen atoms in total. The number of nitrogens with one attached hydrogen (secondary N) is 1. The molecule has 0 radical (unpaired) electrons. The quantitative estimate of drug-likeness (QED) is 0.780. The summed E-state index contributed by atoms with van der Waals surface area (Å²) in [5, 5.41) is 21.0. The number of carboxylic acid groups (broad SMARTS) is 1. The first-order valence-electron chi connectivity index (χ1n) is 7.46. The monoisotopic (exact) mass is 302 g/mol. The van der Waals surface area contributed by atoms with E-state index in [1.54, 1.807) is 11.0 Å². The van der Waals surface area contributed by atoms with Gasteiger partial charge in [0.1, 0.15) is 0 Å². The molecule has 1 aromatic heterocycles. The first-order chi connectivity index (χ1) is 10.6. The number of carboxylic acids is 1. The Morgan fingerprint density at radius 3 is 2.68 bits per heavy atom. The fraction of sp³-hybridized carbons (Fsp3) is 0.438. The van der Waals surface area contributed by atoms with Crippen LogP contribution in [0.4, 0.5) is 0 Å². The molecule has 0 aliphatic rings. The zero-order valence-electron chi connectivity index (χ0n) is 12.9. The maximum absolute atomic E-state index is 11.2. The molecule has 2 aromatic rings. The summed E-state index contributed by atoms with van der Waals surface area (Å²) < 4.78 is 0. The Balaban J connectivity index is 1.87. The molecule has 1 heterocycles. The number of hydrogen-bond donors (Lipinski definition) is 2. The first-order valence-corrected chi connectivity index (χ1v) is 7.46. The van der Waals surface area contributed by atoms with Crippen molar-refractivity contribution >= 4 is 5.97 Å². The molecule has 0 fully saturated rings. The predicted octanol–water partition coefficient (Wildman–Crippen LogP) is 2.10. The summed E-state index contributed by atoms with van der Waals surface area (Å²) >= 11 is 0. The van der Waals surface area contributed by atoms with E-state index < -0.39 is 5.97 Å². The number of carbonyl (C=O) groups is 1. The number of rotatable bonds is 8. The van der Waals surface area contributed by atoms with Crippen molar-refractivity contribution in [3.63, 3.8) is 0 Å². The van der Waals surface area contributed by atoms with Crippen molar-refractivity contribution in [2.45, 2.75) is 26.8 Å². The van der Waals surface area contributed by atoms with Crippen molar-refractivity contribution in [1.82, 2.24) is 20.3 Å². The highest BCUT2D eigenvalue weighted by molar-refractivity contribution is 5.70. The molecule has 22 heavy (non-hydrogen) atoms. The Bertz CT molecular complexity index is 595. The van der Waals surface area contributed by atoms with Gasteiger partial charge in [0.2, 0.25) is 0 Å². The third-order valence-corrected chi connectivity index (χ3v) is 3.33. The molecule has 0 aliphatic heterocycles. The molecule has 0 spiro atoms. The van der Waals surface area contributed by atoms with Gasteiger partial charge in [-0.3, -0.25) is 4.79 Å². The van der Waals surface area contributed by atoms with Gasteiger partial charge in [0.05, 0.1) is 23.5 Å². The van der Waals surface area contributed by atoms with E-state index >= 15 is 0 Å². The smallest absolute Gasteiger partial charge is 0.307 e. The van der Waals surface area contributed by atoms with Crippen molar-refractivity contribution in [2.75, 3.05) is 6.54 Å². The highest BCUT2D eigenvalue weighted by Gasteiger charge is 2.18. The van der Waals surface area contributed by atoms with Gasteiger partial charge >= 0.3 is 5.97 Å². The average molecular weight is 302 g/mol. The number of nitrogens with zero attached hydrogens (tertiary/aromatic N) is 3. The average Bonchev–Trinajstić information content (AvgIpc) is 2.95. The number of para-hydroxylation sites is 1. The summed E-state index contributed by atoms with van der Waals surface area (Å²) in [6, 6.07) is 9.66. The highest BCUT2D eigenvalue weighted by atomic mass is 16.4. The lowest BCUT2D eigenvalue weighted by molar-refractivity contribution is -0.142. The minimum atomic E-state index is -0.755. The fourth-order valence-corrected chi connectivity index (χ4v) is 2.28. The van der Waals surface area contributed by atoms with E-state index in [4.69, 9.17) is 0 Å². The predicted molar refractivity (Wildman–Crippen MR) is 83.6 cm³/mol. The molecule has 118 valence electrons. The van der Waals surface area contributed by atoms with E-state index in [9.17, 15) is 9.90 Å². The van der Waals surface area contributed by atoms with Gasteiger partial charge in [-0.15, -0.1) is 0 Å². The summed E-state index contributed by atoms with van der Waals surface area (Å²) in [6.07, 6.45) is 2.36. The lowest BCUT2D eigenvalue weighted by Crippen LogP contribution is -2.29. The van der Waals surface area contributed by atoms with Crippen molar-refractivity contribution in [3.05, 3.63) is 42.2 Å². The molecule has 1 unspecified atom stereocenters. The largest absolute Gasteiger partial charge is 0.481 e. The van der Waals surface area contributed by atoms with Gasteiger partial charge in [-0.05, 0) is 24.5 Å². The first kappa shape index (κ1) is 16.2. The van der Waals surface area contributed by atoms with Crippen LogP contribution < -0.4 is 5.32 Å². The lowest BCUT2D eigenvalue weighted by Gasteiger charge is -2.14. The molecule has 1 aromatic carbocycles. The molecule has 2 rings (SSSR count). The SMILES string of the molecule is CC(C)CC(CNCc1cnn(-c2ccccc2)n1)C(=O)O. The maximum atomic E-state index is 11.2. The van der Waals surface area contributed by atoms with Crippen LogP contribution in [0.3, 0.4) is 0 Å². The Kier molecular flexibility index (Phi) is 5.66. The van der Waals surface area contributed by atoms with Gasteiger partial charge in [0, 0.05) is 13.1 Å². The Labute approximate surface area is 130 Å². The van der Waals surface area contributed by atoms with Crippen LogP contribution in [-0.2, 0) is 11.3 Å². The van der Waals surface area contributed by atoms with Gasteiger partial charge in [-0.25, -0.2) is 0 Å². The number of benzene rings is 1. The van der Waals surface area contributed by atoms with E-state index in [1.165, 1.54) is 0 Å². The second kappa shape index (κ2) is 7.70. The molecule has 2 N–H and O–H groups in total. The minimum Gasteiger partial charge on any atom is -0.481 e. The molecular weight excluding hydrogens is 280 g/mol. The number of aromatic nitrogens is 3. The Morgan fingerprint density at radius 2 is 2.05 bits per heavy atom. The van der Waals surface area contributed by atoms with E-state index in [1.807, 2.05) is 44.2 Å². The molecule has 1 atom stereocenters. The van der Waals surface area contributed by atoms with Crippen LogP contribution in [0.15, 0.2) is 36.5 Å². The second-order valence-electron chi connectivity index (χ2n) is 5.76. The summed E-state index contributed by atoms with van der Waals surface area (Å²) in [5.74, 6) is -0.764. The van der Waals surface area contributed by atoms with Gasteiger partial charge in [0.15, 0.2) is 0 Å². The molecule has 0 saturated carbocycles. The molecule has 0 saturated heterocycles. The zero-order valence-corrected chi connectivity index (χ0v) is 12.9. The lowest BCUT2D eigenvalue weighted by atomic mass is 9.97. The van der Waals surface area contributed by atoms with Gasteiger partial charge in [-0.2, -0.15) is 15.0 Å². The summed E-state index contributed by atoms with van der Waals surface area (Å²) in [6.45, 7) is 5.00. The molecule has 6 heteroatoms. The van der Waals surface area contributed by atoms with Crippen molar-refractivity contribution in [2.24, 2.45) is 11.8 Å². The van der Waals surface area contributed by atoms with Crippen LogP contribution in [0.25, 0.3) is 5.69 Å². The van der Waals surface area contributed by atoms with E-state index in [0.717, 1.165) is 11.4 Å². The minimum absolute atomic E-state index is 0.363. The maximum Gasteiger partial charge on any atom is 0.307 e. The van der Waals surface area contributed by atoms with Crippen LogP contribution in [0, 0.1) is 11.8 Å². The highest BCUT2D eigenvalue weighted by Crippen LogP contribution is 2.11. The number of aliphatic carboxylic acids is 1. The fourth-order valence-electron chi connectivity index (χ4n) is 2.28. The molecule has 0 bridgehead atoms. The third kappa shape index (κ3) is 4.66. The third-order valence-electron chi connectivity index (χ3n) is 3.33. The number of hydrogen-bond acceptors (Lipinski definition) is 4. The molecule has 0 amide bonds. The van der Waals surface area contributed by atoms with E-state index in [2.05, 4.69) is 15.5 Å². The van der Waals surface area contributed by atoms with Crippen LogP contribution in [0.2, 0.25) is 0 Å². The van der Waals surface area contributed by atoms with Crippen molar-refractivity contribution in [3.8, 4) is 5.69 Å². The molecule has 0 aliphatic carbocycles. The zero-order chi connectivity index (χ0) is 15.9. The second-order valence-corrected chi connectivity index (χ2v) is 5.76. The van der Waals surface area contributed by atoms with Crippen LogP contribution >= 0.6 is 0 Å². The molecular formula is C16H22N4O2. The van der Waals surface area contributed by atoms with Crippen molar-refractivity contribution in [1.29, 1.82) is 0 Å². The van der Waals surface area contributed by atoms with E-state index in [0.29, 0.717) is 25.4 Å². The Hall–Kier alpha value is -2.21. The van der Waals surface area contributed by atoms with Crippen LogP contribution in [-0.4, -0.2) is 32.6 Å². The standard InChI is InChI=1S/C16H22N4O2/c1-12(2)8-13(16(21)22)9-17-10-14-11-18-20(19-14)15-6-4-3-5-7-15/h3-7,11-13,17H,8-10H2,1-2H3,(H,21,22). The summed E-state index contributed by atoms with van der Waals surface area (Å²) in [7, 11) is 0. The van der Waals surface area contributed by atoms with Crippen molar-refractivity contribution < 1.29 is 9.90 Å². The normalized spacial score (nSPS) is 12.5. The Morgan fingerprint density at radius 1 is 1.32 bits per heavy atom. The summed E-state index contributed by atoms with van der Waals surface area (Å²) in [4.78, 5) is 12.8. The van der Waals surface area contributed by atoms with Gasteiger partial charge in [0.25, 0.3) is 0 Å². The van der Waals surface area contributed by atoms with Crippen LogP contribution in [0.5, 0.6) is 0 Å². The van der Waals surface area contributed by atoms with Gasteiger partial charge < -0.3 is 10.4 Å². The van der Waals surface area contributed by atoms with Gasteiger partial charge in [-0.1, -0.05) is 32.0 Å². The topological polar surface area (TPSA) is 80.0 Å². The van der Waals surface area contributed by atoms with Crippen LogP contribution in [0.1, 0.15) is 26.0 Å². The van der Waals surface area contributed by atoms with E-state index in [-0.39, 0.29) is 5.92 Å².